The maximum absolute atomic E-state index is 14.1. The number of rotatable bonds is 9. The molecule has 1 aliphatic rings. The summed E-state index contributed by atoms with van der Waals surface area (Å²) in [6, 6.07) is 5.80. The standard InChI is InChI=1S/C29H38FN5O4/c1-29(2,3)33-25(36)19-35-27(20-10-11-23(30)24(16-20)38-4)32-26-22(28(35)37)17-21(18-31-26)39-15-9-14-34-12-7-5-6-8-13-34/h10-11,16-18H,5-9,12-15,19H2,1-4H3,(H,33,36). The number of benzene rings is 1. The smallest absolute Gasteiger partial charge is 0.263 e. The first-order valence-corrected chi connectivity index (χ1v) is 13.6. The van der Waals surface area contributed by atoms with Crippen LogP contribution in [0.2, 0.25) is 0 Å². The van der Waals surface area contributed by atoms with Crippen molar-refractivity contribution in [1.29, 1.82) is 0 Å². The number of hydrogen-bond donors (Lipinski definition) is 1. The van der Waals surface area contributed by atoms with Gasteiger partial charge in [-0.25, -0.2) is 14.4 Å². The molecule has 0 saturated carbocycles. The lowest BCUT2D eigenvalue weighted by atomic mass is 10.1. The van der Waals surface area contributed by atoms with E-state index in [0.717, 1.165) is 26.1 Å². The van der Waals surface area contributed by atoms with E-state index in [1.807, 2.05) is 20.8 Å². The molecule has 1 amide bonds. The van der Waals surface area contributed by atoms with Gasteiger partial charge in [0.25, 0.3) is 5.56 Å². The molecule has 0 radical (unpaired) electrons. The predicted molar refractivity (Wildman–Crippen MR) is 149 cm³/mol. The number of nitrogens with zero attached hydrogens (tertiary/aromatic N) is 4. The highest BCUT2D eigenvalue weighted by molar-refractivity contribution is 5.80. The average molecular weight is 540 g/mol. The van der Waals surface area contributed by atoms with Crippen molar-refractivity contribution in [1.82, 2.24) is 24.8 Å². The van der Waals surface area contributed by atoms with Gasteiger partial charge in [0.1, 0.15) is 18.1 Å². The van der Waals surface area contributed by atoms with Gasteiger partial charge in [-0.15, -0.1) is 0 Å². The minimum atomic E-state index is -0.544. The van der Waals surface area contributed by atoms with Crippen LogP contribution in [0.3, 0.4) is 0 Å². The van der Waals surface area contributed by atoms with E-state index in [-0.39, 0.29) is 35.1 Å². The van der Waals surface area contributed by atoms with Gasteiger partial charge in [0.05, 0.1) is 25.3 Å². The zero-order chi connectivity index (χ0) is 28.0. The Hall–Kier alpha value is -3.53. The van der Waals surface area contributed by atoms with Gasteiger partial charge in [-0.2, -0.15) is 0 Å². The van der Waals surface area contributed by atoms with Crippen LogP contribution in [0.4, 0.5) is 4.39 Å². The van der Waals surface area contributed by atoms with Gasteiger partial charge in [-0.1, -0.05) is 12.8 Å². The number of ether oxygens (including phenoxy) is 2. The van der Waals surface area contributed by atoms with Crippen LogP contribution in [0.1, 0.15) is 52.9 Å². The van der Waals surface area contributed by atoms with Gasteiger partial charge in [0.2, 0.25) is 5.91 Å². The lowest BCUT2D eigenvalue weighted by Crippen LogP contribution is -2.43. The van der Waals surface area contributed by atoms with E-state index in [0.29, 0.717) is 17.9 Å². The normalized spacial score (nSPS) is 14.7. The van der Waals surface area contributed by atoms with Crippen molar-refractivity contribution in [3.63, 3.8) is 0 Å². The Labute approximate surface area is 228 Å². The molecule has 3 heterocycles. The van der Waals surface area contributed by atoms with Crippen LogP contribution in [-0.2, 0) is 11.3 Å². The SMILES string of the molecule is COc1cc(-c2nc3ncc(OCCCN4CCCCCC4)cc3c(=O)n2CC(=O)NC(C)(C)C)ccc1F. The Morgan fingerprint density at radius 1 is 1.13 bits per heavy atom. The second-order valence-corrected chi connectivity index (χ2v) is 11.0. The molecule has 9 nitrogen and oxygen atoms in total. The lowest BCUT2D eigenvalue weighted by molar-refractivity contribution is -0.123. The summed E-state index contributed by atoms with van der Waals surface area (Å²) in [6.07, 6.45) is 7.51. The zero-order valence-electron chi connectivity index (χ0n) is 23.3. The number of fused-ring (bicyclic) bond motifs is 1. The maximum Gasteiger partial charge on any atom is 0.263 e. The van der Waals surface area contributed by atoms with E-state index in [9.17, 15) is 14.0 Å². The van der Waals surface area contributed by atoms with Crippen molar-refractivity contribution in [2.45, 2.75) is 65.0 Å². The second kappa shape index (κ2) is 12.5. The Kier molecular flexibility index (Phi) is 9.16. The summed E-state index contributed by atoms with van der Waals surface area (Å²) >= 11 is 0. The quantitative estimate of drug-likeness (QED) is 0.408. The molecule has 0 atom stereocenters. The van der Waals surface area contributed by atoms with E-state index in [1.165, 1.54) is 55.6 Å². The summed E-state index contributed by atoms with van der Waals surface area (Å²) in [5.41, 5.74) is -0.292. The number of carbonyl (C=O) groups excluding carboxylic acids is 1. The molecule has 1 saturated heterocycles. The first-order chi connectivity index (χ1) is 18.6. The number of aromatic nitrogens is 3. The number of amides is 1. The first-order valence-electron chi connectivity index (χ1n) is 13.6. The van der Waals surface area contributed by atoms with Crippen LogP contribution >= 0.6 is 0 Å². The van der Waals surface area contributed by atoms with Crippen molar-refractivity contribution in [3.05, 3.63) is 46.6 Å². The highest BCUT2D eigenvalue weighted by Crippen LogP contribution is 2.26. The number of pyridine rings is 1. The first kappa shape index (κ1) is 28.5. The van der Waals surface area contributed by atoms with Gasteiger partial charge in [0.15, 0.2) is 17.2 Å². The van der Waals surface area contributed by atoms with Crippen molar-refractivity contribution in [2.75, 3.05) is 33.4 Å². The van der Waals surface area contributed by atoms with Crippen LogP contribution in [-0.4, -0.2) is 64.2 Å². The summed E-state index contributed by atoms with van der Waals surface area (Å²) in [6.45, 7) is 9.06. The summed E-state index contributed by atoms with van der Waals surface area (Å²) in [5.74, 6) is -0.232. The minimum Gasteiger partial charge on any atom is -0.494 e. The van der Waals surface area contributed by atoms with Gasteiger partial charge in [-0.05, 0) is 77.4 Å². The minimum absolute atomic E-state index is 0.00409. The number of nitrogens with one attached hydrogen (secondary N) is 1. The summed E-state index contributed by atoms with van der Waals surface area (Å²) in [4.78, 5) is 38.0. The molecule has 1 aliphatic heterocycles. The Balaban J connectivity index is 1.62. The molecule has 1 fully saturated rings. The fourth-order valence-electron chi connectivity index (χ4n) is 4.77. The number of hydrogen-bond acceptors (Lipinski definition) is 7. The molecule has 3 aromatic rings. The average Bonchev–Trinajstić information content (AvgIpc) is 3.16. The van der Waals surface area contributed by atoms with E-state index in [4.69, 9.17) is 9.47 Å². The molecule has 0 bridgehead atoms. The van der Waals surface area contributed by atoms with E-state index in [1.54, 1.807) is 12.3 Å². The van der Waals surface area contributed by atoms with Crippen molar-refractivity contribution >= 4 is 16.9 Å². The molecule has 4 rings (SSSR count). The van der Waals surface area contributed by atoms with Crippen molar-refractivity contribution < 1.29 is 18.7 Å². The molecule has 1 aromatic carbocycles. The predicted octanol–water partition coefficient (Wildman–Crippen LogP) is 4.17. The van der Waals surface area contributed by atoms with E-state index in [2.05, 4.69) is 20.2 Å². The molecular weight excluding hydrogens is 501 g/mol. The molecule has 39 heavy (non-hydrogen) atoms. The summed E-state index contributed by atoms with van der Waals surface area (Å²) < 4.78 is 26.4. The van der Waals surface area contributed by atoms with Crippen LogP contribution in [0.25, 0.3) is 22.4 Å². The van der Waals surface area contributed by atoms with E-state index >= 15 is 0 Å². The van der Waals surface area contributed by atoms with Crippen LogP contribution in [0.15, 0.2) is 35.3 Å². The fraction of sp³-hybridized carbons (Fsp3) is 0.517. The number of carbonyl (C=O) groups is 1. The van der Waals surface area contributed by atoms with E-state index < -0.39 is 16.9 Å². The monoisotopic (exact) mass is 539 g/mol. The van der Waals surface area contributed by atoms with Gasteiger partial charge in [0, 0.05) is 17.6 Å². The zero-order valence-corrected chi connectivity index (χ0v) is 23.3. The maximum atomic E-state index is 14.1. The molecule has 0 unspecified atom stereocenters. The number of methoxy groups -OCH3 is 1. The summed E-state index contributed by atoms with van der Waals surface area (Å²) in [7, 11) is 1.36. The van der Waals surface area contributed by atoms with Crippen LogP contribution < -0.4 is 20.3 Å². The second-order valence-electron chi connectivity index (χ2n) is 11.0. The highest BCUT2D eigenvalue weighted by atomic mass is 19.1. The third-order valence-corrected chi connectivity index (χ3v) is 6.60. The van der Waals surface area contributed by atoms with Gasteiger partial charge >= 0.3 is 0 Å². The summed E-state index contributed by atoms with van der Waals surface area (Å²) in [5, 5.41) is 3.11. The highest BCUT2D eigenvalue weighted by Gasteiger charge is 2.20. The lowest BCUT2D eigenvalue weighted by Gasteiger charge is -2.21. The Bertz CT molecular complexity index is 1360. The fourth-order valence-corrected chi connectivity index (χ4v) is 4.77. The molecule has 2 aromatic heterocycles. The van der Waals surface area contributed by atoms with Crippen LogP contribution in [0.5, 0.6) is 11.5 Å². The van der Waals surface area contributed by atoms with Crippen LogP contribution in [0, 0.1) is 5.82 Å². The van der Waals surface area contributed by atoms with Gasteiger partial charge < -0.3 is 19.7 Å². The molecule has 210 valence electrons. The largest absolute Gasteiger partial charge is 0.494 e. The molecule has 10 heteroatoms. The third kappa shape index (κ3) is 7.53. The molecule has 1 N–H and O–H groups in total. The molecule has 0 spiro atoms. The Morgan fingerprint density at radius 3 is 2.56 bits per heavy atom. The molecule has 0 aliphatic carbocycles. The third-order valence-electron chi connectivity index (χ3n) is 6.60. The Morgan fingerprint density at radius 2 is 1.87 bits per heavy atom. The van der Waals surface area contributed by atoms with Crippen molar-refractivity contribution in [3.8, 4) is 22.9 Å². The number of halogens is 1. The van der Waals surface area contributed by atoms with Crippen molar-refractivity contribution in [2.24, 2.45) is 0 Å². The topological polar surface area (TPSA) is 98.6 Å². The van der Waals surface area contributed by atoms with Gasteiger partial charge in [-0.3, -0.25) is 14.2 Å². The molecular formula is C29H38FN5O4. The number of likely N-dealkylation sites (tertiary alicyclic amines) is 1.